The number of halogens is 3. The zero-order valence-corrected chi connectivity index (χ0v) is 18.7. The Bertz CT molecular complexity index is 1240. The average Bonchev–Trinajstić information content (AvgIpc) is 3.32. The van der Waals surface area contributed by atoms with Gasteiger partial charge < -0.3 is 9.73 Å². The number of hydrogen-bond acceptors (Lipinski definition) is 5. The van der Waals surface area contributed by atoms with Crippen LogP contribution in [0.25, 0.3) is 22.6 Å². The van der Waals surface area contributed by atoms with Crippen LogP contribution in [0, 0.1) is 0 Å². The summed E-state index contributed by atoms with van der Waals surface area (Å²) >= 11 is 19.4. The molecule has 0 spiro atoms. The number of anilines is 1. The number of benzene rings is 2. The molecule has 1 N–H and O–H groups in total. The van der Waals surface area contributed by atoms with Crippen molar-refractivity contribution < 1.29 is 9.21 Å². The van der Waals surface area contributed by atoms with E-state index in [1.165, 1.54) is 11.8 Å². The molecular weight excluding hydrogens is 467 g/mol. The highest BCUT2D eigenvalue weighted by molar-refractivity contribution is 7.99. The van der Waals surface area contributed by atoms with Crippen LogP contribution in [0.1, 0.15) is 6.92 Å². The van der Waals surface area contributed by atoms with Crippen LogP contribution in [-0.2, 0) is 11.3 Å². The van der Waals surface area contributed by atoms with Crippen LogP contribution in [0.3, 0.4) is 0 Å². The third kappa shape index (κ3) is 4.30. The third-order valence-electron chi connectivity index (χ3n) is 4.29. The Morgan fingerprint density at radius 3 is 2.80 bits per heavy atom. The first-order valence-electron chi connectivity index (χ1n) is 8.95. The number of rotatable bonds is 6. The zero-order chi connectivity index (χ0) is 21.3. The van der Waals surface area contributed by atoms with Crippen molar-refractivity contribution in [3.8, 4) is 11.6 Å². The first kappa shape index (κ1) is 21.1. The van der Waals surface area contributed by atoms with E-state index < -0.39 is 0 Å². The summed E-state index contributed by atoms with van der Waals surface area (Å²) in [5.41, 5.74) is 1.18. The minimum absolute atomic E-state index is 0.136. The molecule has 0 saturated heterocycles. The number of fused-ring (bicyclic) bond motifs is 1. The molecule has 30 heavy (non-hydrogen) atoms. The van der Waals surface area contributed by atoms with Crippen LogP contribution in [0.5, 0.6) is 0 Å². The molecule has 2 aromatic heterocycles. The fourth-order valence-corrected chi connectivity index (χ4v) is 4.23. The van der Waals surface area contributed by atoms with Gasteiger partial charge in [-0.3, -0.25) is 9.36 Å². The van der Waals surface area contributed by atoms with Crippen LogP contribution < -0.4 is 5.32 Å². The summed E-state index contributed by atoms with van der Waals surface area (Å²) in [6.45, 7) is 2.59. The Morgan fingerprint density at radius 1 is 1.17 bits per heavy atom. The number of nitrogens with one attached hydrogen (secondary N) is 1. The summed E-state index contributed by atoms with van der Waals surface area (Å²) in [6.07, 6.45) is 0. The molecule has 0 aliphatic carbocycles. The molecule has 0 atom stereocenters. The van der Waals surface area contributed by atoms with E-state index in [0.29, 0.717) is 49.6 Å². The van der Waals surface area contributed by atoms with Gasteiger partial charge in [-0.05, 0) is 43.3 Å². The van der Waals surface area contributed by atoms with Crippen LogP contribution in [-0.4, -0.2) is 26.4 Å². The normalized spacial score (nSPS) is 11.2. The minimum atomic E-state index is -0.227. The summed E-state index contributed by atoms with van der Waals surface area (Å²) in [7, 11) is 0. The Morgan fingerprint density at radius 2 is 2.00 bits per heavy atom. The molecule has 0 saturated carbocycles. The number of carbonyl (C=O) groups is 1. The van der Waals surface area contributed by atoms with Crippen molar-refractivity contribution in [1.29, 1.82) is 0 Å². The maximum absolute atomic E-state index is 12.4. The third-order valence-corrected chi connectivity index (χ3v) is 6.31. The lowest BCUT2D eigenvalue weighted by molar-refractivity contribution is -0.113. The van der Waals surface area contributed by atoms with Crippen molar-refractivity contribution in [1.82, 2.24) is 14.8 Å². The Balaban J connectivity index is 1.50. The maximum Gasteiger partial charge on any atom is 0.234 e. The molecule has 4 aromatic rings. The topological polar surface area (TPSA) is 73.0 Å². The quantitative estimate of drug-likeness (QED) is 0.322. The number of carbonyl (C=O) groups excluding carboxylic acids is 1. The highest BCUT2D eigenvalue weighted by Gasteiger charge is 2.18. The van der Waals surface area contributed by atoms with Gasteiger partial charge in [0.1, 0.15) is 5.58 Å². The van der Waals surface area contributed by atoms with Gasteiger partial charge in [0, 0.05) is 17.0 Å². The van der Waals surface area contributed by atoms with Crippen molar-refractivity contribution in [2.75, 3.05) is 11.1 Å². The average molecular weight is 482 g/mol. The van der Waals surface area contributed by atoms with Crippen molar-refractivity contribution in [2.24, 2.45) is 0 Å². The molecule has 1 amide bonds. The largest absolute Gasteiger partial charge is 0.453 e. The van der Waals surface area contributed by atoms with Gasteiger partial charge in [0.2, 0.25) is 11.7 Å². The summed E-state index contributed by atoms with van der Waals surface area (Å²) in [4.78, 5) is 12.4. The van der Waals surface area contributed by atoms with E-state index in [0.717, 1.165) is 5.39 Å². The van der Waals surface area contributed by atoms with Crippen LogP contribution in [0.4, 0.5) is 5.69 Å². The Labute approximate surface area is 191 Å². The van der Waals surface area contributed by atoms with Gasteiger partial charge in [0.25, 0.3) is 0 Å². The van der Waals surface area contributed by atoms with Gasteiger partial charge >= 0.3 is 0 Å². The first-order chi connectivity index (χ1) is 14.5. The molecule has 0 aliphatic rings. The molecule has 2 aromatic carbocycles. The van der Waals surface area contributed by atoms with Crippen molar-refractivity contribution >= 4 is 69.1 Å². The molecule has 2 heterocycles. The van der Waals surface area contributed by atoms with Gasteiger partial charge in [-0.1, -0.05) is 52.6 Å². The highest BCUT2D eigenvalue weighted by Crippen LogP contribution is 2.32. The first-order valence-corrected chi connectivity index (χ1v) is 11.1. The molecule has 154 valence electrons. The van der Waals surface area contributed by atoms with Crippen LogP contribution in [0.2, 0.25) is 15.1 Å². The molecule has 4 rings (SSSR count). The SMILES string of the molecule is CCn1c(SCC(=O)Nc2cccc(Cl)c2Cl)nnc1-c1cc2cc(Cl)ccc2o1. The fraction of sp³-hybridized carbons (Fsp3) is 0.150. The maximum atomic E-state index is 12.4. The molecule has 10 heteroatoms. The lowest BCUT2D eigenvalue weighted by Gasteiger charge is -2.08. The fourth-order valence-electron chi connectivity index (χ4n) is 2.90. The van der Waals surface area contributed by atoms with E-state index in [1.54, 1.807) is 24.3 Å². The lowest BCUT2D eigenvalue weighted by atomic mass is 10.2. The summed E-state index contributed by atoms with van der Waals surface area (Å²) in [6, 6.07) is 12.4. The Kier molecular flexibility index (Phi) is 6.24. The highest BCUT2D eigenvalue weighted by atomic mass is 35.5. The van der Waals surface area contributed by atoms with Gasteiger partial charge in [-0.25, -0.2) is 0 Å². The number of thioether (sulfide) groups is 1. The van der Waals surface area contributed by atoms with Crippen molar-refractivity contribution in [3.63, 3.8) is 0 Å². The predicted octanol–water partition coefficient (Wildman–Crippen LogP) is 6.40. The monoisotopic (exact) mass is 480 g/mol. The molecule has 0 fully saturated rings. The summed E-state index contributed by atoms with van der Waals surface area (Å²) in [5.74, 6) is 1.08. The zero-order valence-electron chi connectivity index (χ0n) is 15.7. The van der Waals surface area contributed by atoms with Gasteiger partial charge in [0.15, 0.2) is 10.9 Å². The lowest BCUT2D eigenvalue weighted by Crippen LogP contribution is -2.15. The number of aromatic nitrogens is 3. The van der Waals surface area contributed by atoms with Gasteiger partial charge in [0.05, 0.1) is 21.5 Å². The van der Waals surface area contributed by atoms with Gasteiger partial charge in [-0.2, -0.15) is 0 Å². The van der Waals surface area contributed by atoms with E-state index >= 15 is 0 Å². The summed E-state index contributed by atoms with van der Waals surface area (Å²) < 4.78 is 7.79. The minimum Gasteiger partial charge on any atom is -0.453 e. The van der Waals surface area contributed by atoms with Crippen molar-refractivity contribution in [3.05, 3.63) is 57.5 Å². The van der Waals surface area contributed by atoms with E-state index in [1.807, 2.05) is 29.7 Å². The second-order valence-corrected chi connectivity index (χ2v) is 8.45. The molecule has 6 nitrogen and oxygen atoms in total. The molecule has 0 bridgehead atoms. The van der Waals surface area contributed by atoms with Crippen LogP contribution in [0.15, 0.2) is 52.0 Å². The van der Waals surface area contributed by atoms with Gasteiger partial charge in [-0.15, -0.1) is 10.2 Å². The second-order valence-electron chi connectivity index (χ2n) is 6.28. The number of amides is 1. The van der Waals surface area contributed by atoms with E-state index in [-0.39, 0.29) is 11.7 Å². The molecule has 0 aliphatic heterocycles. The number of nitrogens with zero attached hydrogens (tertiary/aromatic N) is 3. The molecule has 0 unspecified atom stereocenters. The second kappa shape index (κ2) is 8.89. The standard InChI is InChI=1S/C20H15Cl3N4O2S/c1-2-27-19(16-9-11-8-12(21)6-7-15(11)29-16)25-26-20(27)30-10-17(28)24-14-5-3-4-13(22)18(14)23/h3-9H,2,10H2,1H3,(H,24,28). The predicted molar refractivity (Wildman–Crippen MR) is 122 cm³/mol. The Hall–Kier alpha value is -2.19. The molecular formula is C20H15Cl3N4O2S. The van der Waals surface area contributed by atoms with Crippen molar-refractivity contribution in [2.45, 2.75) is 18.6 Å². The number of furan rings is 1. The van der Waals surface area contributed by atoms with E-state index in [2.05, 4.69) is 15.5 Å². The number of hydrogen-bond donors (Lipinski definition) is 1. The van der Waals surface area contributed by atoms with E-state index in [9.17, 15) is 4.79 Å². The van der Waals surface area contributed by atoms with E-state index in [4.69, 9.17) is 39.2 Å². The smallest absolute Gasteiger partial charge is 0.234 e. The molecule has 0 radical (unpaired) electrons. The van der Waals surface area contributed by atoms with Crippen LogP contribution >= 0.6 is 46.6 Å². The summed E-state index contributed by atoms with van der Waals surface area (Å²) in [5, 5.41) is 14.1.